The fourth-order valence-corrected chi connectivity index (χ4v) is 2.85. The summed E-state index contributed by atoms with van der Waals surface area (Å²) in [4.78, 5) is 6.47. The number of nitrogens with two attached hydrogens (primary N) is 1. The fraction of sp³-hybridized carbons (Fsp3) is 0.688. The molecule has 3 nitrogen and oxygen atoms in total. The summed E-state index contributed by atoms with van der Waals surface area (Å²) >= 11 is 0. The number of hydrogen-bond donors (Lipinski definition) is 1. The van der Waals surface area contributed by atoms with Gasteiger partial charge in [0, 0.05) is 31.0 Å². The van der Waals surface area contributed by atoms with Crippen molar-refractivity contribution < 1.29 is 0 Å². The quantitative estimate of drug-likeness (QED) is 0.858. The highest BCUT2D eigenvalue weighted by Crippen LogP contribution is 2.26. The molecular formula is C16H29N3. The SMILES string of the molecule is CCC(N)C(N(C)CCc1ccncc1)C(C)(C)C. The van der Waals surface area contributed by atoms with Gasteiger partial charge in [-0.3, -0.25) is 4.98 Å². The minimum atomic E-state index is 0.197. The zero-order chi connectivity index (χ0) is 14.5. The van der Waals surface area contributed by atoms with Crippen LogP contribution in [0.15, 0.2) is 24.5 Å². The van der Waals surface area contributed by atoms with Gasteiger partial charge in [-0.1, -0.05) is 27.7 Å². The topological polar surface area (TPSA) is 42.1 Å². The number of likely N-dealkylation sites (N-methyl/N-ethyl adjacent to an activating group) is 1. The minimum absolute atomic E-state index is 0.197. The Morgan fingerprint density at radius 1 is 1.26 bits per heavy atom. The maximum Gasteiger partial charge on any atom is 0.0292 e. The Morgan fingerprint density at radius 2 is 1.84 bits per heavy atom. The Bertz CT molecular complexity index is 356. The molecule has 0 aliphatic rings. The molecule has 3 heteroatoms. The summed E-state index contributed by atoms with van der Waals surface area (Å²) < 4.78 is 0. The van der Waals surface area contributed by atoms with E-state index < -0.39 is 0 Å². The summed E-state index contributed by atoms with van der Waals surface area (Å²) in [6, 6.07) is 4.79. The molecule has 0 radical (unpaired) electrons. The Labute approximate surface area is 118 Å². The van der Waals surface area contributed by atoms with E-state index in [0.717, 1.165) is 19.4 Å². The molecule has 0 aromatic carbocycles. The summed E-state index contributed by atoms with van der Waals surface area (Å²) in [5.41, 5.74) is 7.85. The van der Waals surface area contributed by atoms with Crippen LogP contribution in [-0.4, -0.2) is 35.6 Å². The Morgan fingerprint density at radius 3 is 2.32 bits per heavy atom. The van der Waals surface area contributed by atoms with Gasteiger partial charge in [-0.15, -0.1) is 0 Å². The molecule has 1 rings (SSSR count). The van der Waals surface area contributed by atoms with Gasteiger partial charge in [0.1, 0.15) is 0 Å². The maximum absolute atomic E-state index is 6.32. The van der Waals surface area contributed by atoms with Crippen LogP contribution in [0.3, 0.4) is 0 Å². The van der Waals surface area contributed by atoms with Crippen molar-refractivity contribution in [3.8, 4) is 0 Å². The molecule has 0 saturated carbocycles. The third kappa shape index (κ3) is 4.92. The second-order valence-corrected chi connectivity index (χ2v) is 6.47. The first-order valence-corrected chi connectivity index (χ1v) is 7.21. The Hall–Kier alpha value is -0.930. The lowest BCUT2D eigenvalue weighted by molar-refractivity contribution is 0.101. The van der Waals surface area contributed by atoms with Crippen molar-refractivity contribution in [1.82, 2.24) is 9.88 Å². The van der Waals surface area contributed by atoms with Gasteiger partial charge in [0.05, 0.1) is 0 Å². The van der Waals surface area contributed by atoms with Crippen LogP contribution in [0.5, 0.6) is 0 Å². The molecule has 0 aliphatic heterocycles. The predicted octanol–water partition coefficient (Wildman–Crippen LogP) is 2.71. The molecule has 2 unspecified atom stereocenters. The van der Waals surface area contributed by atoms with Crippen molar-refractivity contribution in [2.45, 2.75) is 52.6 Å². The van der Waals surface area contributed by atoms with E-state index in [1.54, 1.807) is 0 Å². The normalized spacial score (nSPS) is 15.5. The smallest absolute Gasteiger partial charge is 0.0292 e. The van der Waals surface area contributed by atoms with Crippen molar-refractivity contribution in [3.63, 3.8) is 0 Å². The van der Waals surface area contributed by atoms with Gasteiger partial charge in [0.25, 0.3) is 0 Å². The molecule has 2 atom stereocenters. The molecule has 0 aliphatic carbocycles. The molecule has 0 amide bonds. The zero-order valence-corrected chi connectivity index (χ0v) is 13.1. The highest BCUT2D eigenvalue weighted by atomic mass is 15.2. The van der Waals surface area contributed by atoms with Crippen LogP contribution < -0.4 is 5.73 Å². The average Bonchev–Trinajstić information content (AvgIpc) is 2.36. The first kappa shape index (κ1) is 16.1. The van der Waals surface area contributed by atoms with Crippen molar-refractivity contribution in [3.05, 3.63) is 30.1 Å². The van der Waals surface area contributed by atoms with E-state index >= 15 is 0 Å². The van der Waals surface area contributed by atoms with Crippen molar-refractivity contribution in [1.29, 1.82) is 0 Å². The molecule has 1 aromatic rings. The third-order valence-corrected chi connectivity index (χ3v) is 3.74. The molecular weight excluding hydrogens is 234 g/mol. The van der Waals surface area contributed by atoms with E-state index in [4.69, 9.17) is 5.73 Å². The van der Waals surface area contributed by atoms with E-state index in [0.29, 0.717) is 6.04 Å². The van der Waals surface area contributed by atoms with Crippen LogP contribution in [0.25, 0.3) is 0 Å². The monoisotopic (exact) mass is 263 g/mol. The molecule has 19 heavy (non-hydrogen) atoms. The standard InChI is InChI=1S/C16H29N3/c1-6-14(17)15(16(2,3)4)19(5)12-9-13-7-10-18-11-8-13/h7-8,10-11,14-15H,6,9,12,17H2,1-5H3. The van der Waals surface area contributed by atoms with Gasteiger partial charge in [-0.25, -0.2) is 0 Å². The van der Waals surface area contributed by atoms with E-state index in [1.807, 2.05) is 12.4 Å². The summed E-state index contributed by atoms with van der Waals surface area (Å²) in [7, 11) is 2.19. The molecule has 2 N–H and O–H groups in total. The van der Waals surface area contributed by atoms with Crippen molar-refractivity contribution in [2.24, 2.45) is 11.1 Å². The molecule has 0 spiro atoms. The fourth-order valence-electron chi connectivity index (χ4n) is 2.85. The first-order chi connectivity index (χ1) is 8.86. The number of pyridine rings is 1. The summed E-state index contributed by atoms with van der Waals surface area (Å²) in [5, 5.41) is 0. The number of rotatable bonds is 6. The van der Waals surface area contributed by atoms with Crippen LogP contribution in [-0.2, 0) is 6.42 Å². The van der Waals surface area contributed by atoms with Crippen molar-refractivity contribution in [2.75, 3.05) is 13.6 Å². The van der Waals surface area contributed by atoms with Gasteiger partial charge < -0.3 is 10.6 Å². The van der Waals surface area contributed by atoms with Gasteiger partial charge in [-0.05, 0) is 43.0 Å². The summed E-state index contributed by atoms with van der Waals surface area (Å²) in [6.07, 6.45) is 5.77. The van der Waals surface area contributed by atoms with Gasteiger partial charge in [0.15, 0.2) is 0 Å². The van der Waals surface area contributed by atoms with Crippen LogP contribution in [0.2, 0.25) is 0 Å². The lowest BCUT2D eigenvalue weighted by atomic mass is 9.80. The lowest BCUT2D eigenvalue weighted by Crippen LogP contribution is -2.53. The van der Waals surface area contributed by atoms with Crippen molar-refractivity contribution >= 4 is 0 Å². The van der Waals surface area contributed by atoms with E-state index in [1.165, 1.54) is 5.56 Å². The largest absolute Gasteiger partial charge is 0.326 e. The van der Waals surface area contributed by atoms with Crippen LogP contribution in [0, 0.1) is 5.41 Å². The van der Waals surface area contributed by atoms with E-state index in [-0.39, 0.29) is 11.5 Å². The minimum Gasteiger partial charge on any atom is -0.326 e. The van der Waals surface area contributed by atoms with Gasteiger partial charge >= 0.3 is 0 Å². The summed E-state index contributed by atoms with van der Waals surface area (Å²) in [5.74, 6) is 0. The second-order valence-electron chi connectivity index (χ2n) is 6.47. The average molecular weight is 263 g/mol. The molecule has 0 bridgehead atoms. The molecule has 1 heterocycles. The van der Waals surface area contributed by atoms with E-state index in [9.17, 15) is 0 Å². The Balaban J connectivity index is 2.65. The molecule has 1 aromatic heterocycles. The zero-order valence-electron chi connectivity index (χ0n) is 13.1. The predicted molar refractivity (Wildman–Crippen MR) is 82.1 cm³/mol. The van der Waals surface area contributed by atoms with E-state index in [2.05, 4.69) is 56.8 Å². The lowest BCUT2D eigenvalue weighted by Gasteiger charge is -2.41. The Kier molecular flexibility index (Phi) is 5.95. The van der Waals surface area contributed by atoms with Gasteiger partial charge in [-0.2, -0.15) is 0 Å². The van der Waals surface area contributed by atoms with Crippen LogP contribution in [0.4, 0.5) is 0 Å². The maximum atomic E-state index is 6.32. The van der Waals surface area contributed by atoms with Gasteiger partial charge in [0.2, 0.25) is 0 Å². The highest BCUT2D eigenvalue weighted by Gasteiger charge is 2.32. The third-order valence-electron chi connectivity index (χ3n) is 3.74. The molecule has 0 saturated heterocycles. The second kappa shape index (κ2) is 7.01. The summed E-state index contributed by atoms with van der Waals surface area (Å²) in [6.45, 7) is 10.0. The number of nitrogens with zero attached hydrogens (tertiary/aromatic N) is 2. The van der Waals surface area contributed by atoms with Crippen LogP contribution in [0.1, 0.15) is 39.7 Å². The number of aromatic nitrogens is 1. The van der Waals surface area contributed by atoms with Crippen LogP contribution >= 0.6 is 0 Å². The molecule has 108 valence electrons. The highest BCUT2D eigenvalue weighted by molar-refractivity contribution is 5.10. The first-order valence-electron chi connectivity index (χ1n) is 7.21. The molecule has 0 fully saturated rings. The number of hydrogen-bond acceptors (Lipinski definition) is 3.